The van der Waals surface area contributed by atoms with Crippen LogP contribution < -0.4 is 0 Å². The molecular formula is C14H15Cl2NO3. The molecule has 0 N–H and O–H groups in total. The van der Waals surface area contributed by atoms with Gasteiger partial charge in [-0.2, -0.15) is 0 Å². The molecule has 1 aliphatic rings. The number of Topliss-reactive ketones (excluding diaryl/α,β-unsaturated/α-hetero) is 1. The Morgan fingerprint density at radius 3 is 2.70 bits per heavy atom. The molecule has 0 amide bonds. The molecule has 6 heteroatoms. The molecule has 20 heavy (non-hydrogen) atoms. The van der Waals surface area contributed by atoms with E-state index in [1.807, 2.05) is 0 Å². The minimum absolute atomic E-state index is 0.106. The van der Waals surface area contributed by atoms with Crippen molar-refractivity contribution in [1.82, 2.24) is 0 Å². The highest BCUT2D eigenvalue weighted by Gasteiger charge is 2.35. The normalized spacial score (nSPS) is 20.7. The topological polar surface area (TPSA) is 60.2 Å². The zero-order valence-corrected chi connectivity index (χ0v) is 12.4. The molecule has 0 aromatic heterocycles. The van der Waals surface area contributed by atoms with Crippen molar-refractivity contribution in [3.05, 3.63) is 43.9 Å². The first kappa shape index (κ1) is 15.3. The number of ketones is 1. The number of benzene rings is 1. The maximum atomic E-state index is 12.1. The lowest BCUT2D eigenvalue weighted by molar-refractivity contribution is -0.484. The lowest BCUT2D eigenvalue weighted by Gasteiger charge is -2.27. The summed E-state index contributed by atoms with van der Waals surface area (Å²) in [6, 6.07) is 4.92. The third-order valence-corrected chi connectivity index (χ3v) is 4.36. The van der Waals surface area contributed by atoms with E-state index in [0.717, 1.165) is 12.8 Å². The molecule has 0 bridgehead atoms. The van der Waals surface area contributed by atoms with Crippen molar-refractivity contribution < 1.29 is 9.72 Å². The predicted molar refractivity (Wildman–Crippen MR) is 78.0 cm³/mol. The monoisotopic (exact) mass is 315 g/mol. The van der Waals surface area contributed by atoms with E-state index in [0.29, 0.717) is 28.5 Å². The molecule has 1 aromatic carbocycles. The van der Waals surface area contributed by atoms with Crippen molar-refractivity contribution in [2.45, 2.75) is 31.6 Å². The Hall–Kier alpha value is -1.13. The molecule has 0 aliphatic heterocycles. The number of carbonyl (C=O) groups is 1. The number of hydrogen-bond acceptors (Lipinski definition) is 3. The van der Waals surface area contributed by atoms with Gasteiger partial charge in [0, 0.05) is 27.3 Å². The summed E-state index contributed by atoms with van der Waals surface area (Å²) in [6.45, 7) is -0.280. The van der Waals surface area contributed by atoms with Crippen LogP contribution in [-0.2, 0) is 4.79 Å². The van der Waals surface area contributed by atoms with Gasteiger partial charge in [0.1, 0.15) is 5.78 Å². The molecule has 0 unspecified atom stereocenters. The van der Waals surface area contributed by atoms with Gasteiger partial charge in [0.2, 0.25) is 6.54 Å². The predicted octanol–water partition coefficient (Wildman–Crippen LogP) is 4.11. The van der Waals surface area contributed by atoms with Crippen LogP contribution in [0, 0.1) is 16.0 Å². The van der Waals surface area contributed by atoms with E-state index < -0.39 is 5.92 Å². The third kappa shape index (κ3) is 3.49. The number of carbonyl (C=O) groups excluding carboxylic acids is 1. The zero-order chi connectivity index (χ0) is 14.7. The van der Waals surface area contributed by atoms with E-state index in [1.54, 1.807) is 18.2 Å². The fraction of sp³-hybridized carbons (Fsp3) is 0.500. The largest absolute Gasteiger partial charge is 0.299 e. The summed E-state index contributed by atoms with van der Waals surface area (Å²) in [5.74, 6) is -0.676. The Kier molecular flexibility index (Phi) is 5.00. The molecule has 1 aliphatic carbocycles. The van der Waals surface area contributed by atoms with Crippen molar-refractivity contribution in [1.29, 1.82) is 0 Å². The molecular weight excluding hydrogens is 301 g/mol. The summed E-state index contributed by atoms with van der Waals surface area (Å²) in [5.41, 5.74) is 0.646. The number of nitrogens with zero attached hydrogens (tertiary/aromatic N) is 1. The molecule has 0 radical (unpaired) electrons. The fourth-order valence-corrected chi connectivity index (χ4v) is 3.39. The molecule has 1 aromatic rings. The van der Waals surface area contributed by atoms with Crippen LogP contribution in [0.15, 0.2) is 18.2 Å². The number of hydrogen-bond donors (Lipinski definition) is 0. The Labute approximate surface area is 127 Å². The van der Waals surface area contributed by atoms with Gasteiger partial charge in [0.05, 0.1) is 5.92 Å². The molecule has 0 spiro atoms. The first-order valence-electron chi connectivity index (χ1n) is 6.58. The quantitative estimate of drug-likeness (QED) is 0.620. The lowest BCUT2D eigenvalue weighted by Crippen LogP contribution is -2.30. The average molecular weight is 316 g/mol. The molecule has 2 rings (SSSR count). The van der Waals surface area contributed by atoms with Gasteiger partial charge in [-0.25, -0.2) is 0 Å². The highest BCUT2D eigenvalue weighted by molar-refractivity contribution is 6.35. The smallest absolute Gasteiger partial charge is 0.211 e. The van der Waals surface area contributed by atoms with Gasteiger partial charge in [-0.1, -0.05) is 35.7 Å². The minimum atomic E-state index is -0.470. The van der Waals surface area contributed by atoms with Gasteiger partial charge >= 0.3 is 0 Å². The molecule has 1 fully saturated rings. The average Bonchev–Trinajstić information content (AvgIpc) is 2.37. The van der Waals surface area contributed by atoms with E-state index in [9.17, 15) is 14.9 Å². The van der Waals surface area contributed by atoms with Crippen molar-refractivity contribution in [2.75, 3.05) is 6.54 Å². The maximum Gasteiger partial charge on any atom is 0.211 e. The Balaban J connectivity index is 2.35. The molecule has 108 valence electrons. The summed E-state index contributed by atoms with van der Waals surface area (Å²) in [4.78, 5) is 22.6. The number of halogens is 2. The summed E-state index contributed by atoms with van der Waals surface area (Å²) >= 11 is 12.0. The van der Waals surface area contributed by atoms with Gasteiger partial charge in [-0.3, -0.25) is 14.9 Å². The summed E-state index contributed by atoms with van der Waals surface area (Å²) in [6.07, 6.45) is 2.99. The van der Waals surface area contributed by atoms with Crippen molar-refractivity contribution in [2.24, 2.45) is 5.92 Å². The van der Waals surface area contributed by atoms with E-state index in [4.69, 9.17) is 23.2 Å². The van der Waals surface area contributed by atoms with Gasteiger partial charge in [-0.05, 0) is 30.5 Å². The molecule has 4 nitrogen and oxygen atoms in total. The number of nitro groups is 1. The van der Waals surface area contributed by atoms with Crippen molar-refractivity contribution >= 4 is 29.0 Å². The molecule has 1 saturated carbocycles. The summed E-state index contributed by atoms with van der Waals surface area (Å²) < 4.78 is 0. The molecule has 2 atom stereocenters. The lowest BCUT2D eigenvalue weighted by atomic mass is 9.76. The second kappa shape index (κ2) is 6.55. The van der Waals surface area contributed by atoms with Crippen LogP contribution >= 0.6 is 23.2 Å². The first-order valence-corrected chi connectivity index (χ1v) is 7.34. The van der Waals surface area contributed by atoms with Gasteiger partial charge in [0.25, 0.3) is 0 Å². The minimum Gasteiger partial charge on any atom is -0.299 e. The second-order valence-corrected chi connectivity index (χ2v) is 5.95. The Morgan fingerprint density at radius 1 is 1.35 bits per heavy atom. The zero-order valence-electron chi connectivity index (χ0n) is 10.9. The Morgan fingerprint density at radius 2 is 2.10 bits per heavy atom. The van der Waals surface area contributed by atoms with Gasteiger partial charge in [0.15, 0.2) is 0 Å². The SMILES string of the molecule is O=C1CCCC[C@H]1[C@@H](C[N+](=O)[O-])c1ccc(Cl)cc1Cl. The fourth-order valence-electron chi connectivity index (χ4n) is 2.84. The van der Waals surface area contributed by atoms with Crippen molar-refractivity contribution in [3.8, 4) is 0 Å². The summed E-state index contributed by atoms with van der Waals surface area (Å²) in [5, 5.41) is 11.8. The van der Waals surface area contributed by atoms with Crippen LogP contribution in [0.25, 0.3) is 0 Å². The highest BCUT2D eigenvalue weighted by atomic mass is 35.5. The van der Waals surface area contributed by atoms with E-state index in [1.165, 1.54) is 0 Å². The van der Waals surface area contributed by atoms with Crippen LogP contribution in [0.2, 0.25) is 10.0 Å². The first-order chi connectivity index (χ1) is 9.49. The highest BCUT2D eigenvalue weighted by Crippen LogP contribution is 2.37. The Bertz CT molecular complexity index is 533. The van der Waals surface area contributed by atoms with E-state index in [-0.39, 0.29) is 23.2 Å². The van der Waals surface area contributed by atoms with Crippen LogP contribution in [0.4, 0.5) is 0 Å². The molecule has 0 saturated heterocycles. The standard InChI is InChI=1S/C14H15Cl2NO3/c15-9-5-6-10(13(16)7-9)12(8-17(19)20)11-3-1-2-4-14(11)18/h5-7,11-12H,1-4,8H2/t11-,12-/m0/s1. The van der Waals surface area contributed by atoms with E-state index >= 15 is 0 Å². The van der Waals surface area contributed by atoms with Crippen LogP contribution in [0.3, 0.4) is 0 Å². The number of rotatable bonds is 4. The summed E-state index contributed by atoms with van der Waals surface area (Å²) in [7, 11) is 0. The molecule has 0 heterocycles. The maximum absolute atomic E-state index is 12.1. The van der Waals surface area contributed by atoms with Crippen LogP contribution in [-0.4, -0.2) is 17.3 Å². The third-order valence-electron chi connectivity index (χ3n) is 3.80. The van der Waals surface area contributed by atoms with E-state index in [2.05, 4.69) is 0 Å². The second-order valence-electron chi connectivity index (χ2n) is 5.11. The van der Waals surface area contributed by atoms with Crippen LogP contribution in [0.5, 0.6) is 0 Å². The van der Waals surface area contributed by atoms with Crippen LogP contribution in [0.1, 0.15) is 37.2 Å². The van der Waals surface area contributed by atoms with Crippen molar-refractivity contribution in [3.63, 3.8) is 0 Å². The van der Waals surface area contributed by atoms with Gasteiger partial charge in [-0.15, -0.1) is 0 Å². The van der Waals surface area contributed by atoms with Gasteiger partial charge < -0.3 is 0 Å².